The maximum Gasteiger partial charge on any atom is 0.150 e. The zero-order chi connectivity index (χ0) is 10.7. The molecule has 4 heteroatoms. The van der Waals surface area contributed by atoms with Gasteiger partial charge in [0.05, 0.1) is 18.8 Å². The van der Waals surface area contributed by atoms with Gasteiger partial charge in [-0.2, -0.15) is 0 Å². The van der Waals surface area contributed by atoms with Crippen molar-refractivity contribution in [3.8, 4) is 5.75 Å². The Labute approximate surface area is 88.0 Å². The maximum absolute atomic E-state index is 10.4. The molecule has 2 rings (SSSR count). The Hall–Kier alpha value is -1.39. The molecule has 15 heavy (non-hydrogen) atoms. The molecule has 1 fully saturated rings. The van der Waals surface area contributed by atoms with Gasteiger partial charge >= 0.3 is 0 Å². The molecule has 1 aromatic rings. The number of carbonyl (C=O) groups excluding carboxylic acids is 1. The summed E-state index contributed by atoms with van der Waals surface area (Å²) in [5.74, 6) is 0.720. The molecule has 0 aromatic heterocycles. The molecule has 0 atom stereocenters. The van der Waals surface area contributed by atoms with Crippen molar-refractivity contribution in [1.82, 2.24) is 0 Å². The molecular weight excluding hydrogens is 194 g/mol. The van der Waals surface area contributed by atoms with E-state index in [1.54, 1.807) is 24.3 Å². The van der Waals surface area contributed by atoms with Gasteiger partial charge in [0, 0.05) is 5.56 Å². The topological polar surface area (TPSA) is 61.5 Å². The number of nitrogens with two attached hydrogens (primary N) is 1. The molecule has 80 valence electrons. The highest BCUT2D eigenvalue weighted by Gasteiger charge is 2.34. The fraction of sp³-hybridized carbons (Fsp3) is 0.364. The Morgan fingerprint density at radius 2 is 2.07 bits per heavy atom. The molecule has 1 aromatic carbocycles. The number of carbonyl (C=O) groups is 1. The van der Waals surface area contributed by atoms with Crippen molar-refractivity contribution < 1.29 is 14.3 Å². The number of aldehydes is 1. The van der Waals surface area contributed by atoms with E-state index in [-0.39, 0.29) is 5.54 Å². The van der Waals surface area contributed by atoms with Crippen LogP contribution in [0.3, 0.4) is 0 Å². The summed E-state index contributed by atoms with van der Waals surface area (Å²) in [7, 11) is 0. The highest BCUT2D eigenvalue weighted by Crippen LogP contribution is 2.17. The Kier molecular flexibility index (Phi) is 2.70. The summed E-state index contributed by atoms with van der Waals surface area (Å²) in [6.07, 6.45) is 0.800. The zero-order valence-electron chi connectivity index (χ0n) is 8.31. The van der Waals surface area contributed by atoms with Gasteiger partial charge in [-0.25, -0.2) is 0 Å². The first-order valence-corrected chi connectivity index (χ1v) is 4.77. The summed E-state index contributed by atoms with van der Waals surface area (Å²) >= 11 is 0. The van der Waals surface area contributed by atoms with Gasteiger partial charge in [-0.1, -0.05) is 0 Å². The van der Waals surface area contributed by atoms with Gasteiger partial charge in [0.15, 0.2) is 0 Å². The number of hydrogen-bond donors (Lipinski definition) is 1. The number of rotatable bonds is 4. The van der Waals surface area contributed by atoms with Crippen molar-refractivity contribution in [2.24, 2.45) is 5.73 Å². The van der Waals surface area contributed by atoms with E-state index in [9.17, 15) is 4.79 Å². The summed E-state index contributed by atoms with van der Waals surface area (Å²) in [6.45, 7) is 1.52. The minimum atomic E-state index is -0.344. The number of benzene rings is 1. The molecule has 1 saturated heterocycles. The molecule has 4 nitrogen and oxygen atoms in total. The Morgan fingerprint density at radius 1 is 1.40 bits per heavy atom. The third-order valence-electron chi connectivity index (χ3n) is 2.32. The second-order valence-corrected chi connectivity index (χ2v) is 3.83. The highest BCUT2D eigenvalue weighted by molar-refractivity contribution is 5.74. The van der Waals surface area contributed by atoms with Crippen molar-refractivity contribution in [2.45, 2.75) is 5.54 Å². The summed E-state index contributed by atoms with van der Waals surface area (Å²) in [5, 5.41) is 0. The molecule has 0 amide bonds. The summed E-state index contributed by atoms with van der Waals surface area (Å²) in [6, 6.07) is 6.94. The first-order valence-electron chi connectivity index (χ1n) is 4.77. The molecular formula is C11H13NO3. The lowest BCUT2D eigenvalue weighted by molar-refractivity contribution is -0.0722. The van der Waals surface area contributed by atoms with E-state index >= 15 is 0 Å². The van der Waals surface area contributed by atoms with E-state index in [0.717, 1.165) is 12.0 Å². The lowest BCUT2D eigenvalue weighted by atomic mass is 10.0. The SMILES string of the molecule is NC1(COc2ccc(C=O)cc2)COC1. The van der Waals surface area contributed by atoms with Crippen molar-refractivity contribution in [1.29, 1.82) is 0 Å². The molecule has 0 bridgehead atoms. The van der Waals surface area contributed by atoms with Crippen LogP contribution < -0.4 is 10.5 Å². The molecule has 0 spiro atoms. The standard InChI is InChI=1S/C11H13NO3/c12-11(6-14-7-11)8-15-10-3-1-9(5-13)2-4-10/h1-5H,6-8,12H2. The number of hydrogen-bond acceptors (Lipinski definition) is 4. The average molecular weight is 207 g/mol. The molecule has 0 aliphatic carbocycles. The van der Waals surface area contributed by atoms with E-state index in [0.29, 0.717) is 25.4 Å². The predicted octanol–water partition coefficient (Wildman–Crippen LogP) is 0.606. The lowest BCUT2D eigenvalue weighted by Crippen LogP contribution is -2.61. The van der Waals surface area contributed by atoms with Crippen LogP contribution in [0.1, 0.15) is 10.4 Å². The third-order valence-corrected chi connectivity index (χ3v) is 2.32. The molecule has 2 N–H and O–H groups in total. The Morgan fingerprint density at radius 3 is 2.53 bits per heavy atom. The molecule has 1 aliphatic rings. The van der Waals surface area contributed by atoms with E-state index < -0.39 is 0 Å². The van der Waals surface area contributed by atoms with Crippen molar-refractivity contribution in [3.05, 3.63) is 29.8 Å². The molecule has 0 saturated carbocycles. The van der Waals surface area contributed by atoms with Crippen LogP contribution in [0.2, 0.25) is 0 Å². The number of ether oxygens (including phenoxy) is 2. The van der Waals surface area contributed by atoms with Gasteiger partial charge in [-0.05, 0) is 24.3 Å². The van der Waals surface area contributed by atoms with Crippen molar-refractivity contribution in [2.75, 3.05) is 19.8 Å². The molecule has 1 heterocycles. The van der Waals surface area contributed by atoms with Crippen LogP contribution in [0, 0.1) is 0 Å². The molecule has 1 aliphatic heterocycles. The van der Waals surface area contributed by atoms with Crippen molar-refractivity contribution in [3.63, 3.8) is 0 Å². The van der Waals surface area contributed by atoms with Crippen LogP contribution in [0.5, 0.6) is 5.75 Å². The van der Waals surface area contributed by atoms with Crippen LogP contribution in [0.15, 0.2) is 24.3 Å². The van der Waals surface area contributed by atoms with Gasteiger partial charge in [0.2, 0.25) is 0 Å². The van der Waals surface area contributed by atoms with Gasteiger partial charge in [-0.15, -0.1) is 0 Å². The van der Waals surface area contributed by atoms with E-state index in [1.165, 1.54) is 0 Å². The quantitative estimate of drug-likeness (QED) is 0.735. The monoisotopic (exact) mass is 207 g/mol. The fourth-order valence-electron chi connectivity index (χ4n) is 1.32. The smallest absolute Gasteiger partial charge is 0.150 e. The van der Waals surface area contributed by atoms with E-state index in [1.807, 2.05) is 0 Å². The lowest BCUT2D eigenvalue weighted by Gasteiger charge is -2.37. The first-order chi connectivity index (χ1) is 7.22. The first kappa shape index (κ1) is 10.1. The fourth-order valence-corrected chi connectivity index (χ4v) is 1.32. The largest absolute Gasteiger partial charge is 0.491 e. The van der Waals surface area contributed by atoms with Crippen LogP contribution in [-0.2, 0) is 4.74 Å². The minimum absolute atomic E-state index is 0.344. The summed E-state index contributed by atoms with van der Waals surface area (Å²) in [4.78, 5) is 10.4. The minimum Gasteiger partial charge on any atom is -0.491 e. The van der Waals surface area contributed by atoms with Gasteiger partial charge in [0.1, 0.15) is 18.6 Å². The van der Waals surface area contributed by atoms with Crippen molar-refractivity contribution >= 4 is 6.29 Å². The van der Waals surface area contributed by atoms with Crippen LogP contribution in [0.4, 0.5) is 0 Å². The average Bonchev–Trinajstić information content (AvgIpc) is 2.24. The van der Waals surface area contributed by atoms with Gasteiger partial charge < -0.3 is 15.2 Å². The normalized spacial score (nSPS) is 17.9. The summed E-state index contributed by atoms with van der Waals surface area (Å²) in [5.41, 5.74) is 6.19. The van der Waals surface area contributed by atoms with Crippen LogP contribution in [0.25, 0.3) is 0 Å². The Balaban J connectivity index is 1.90. The summed E-state index contributed by atoms with van der Waals surface area (Å²) < 4.78 is 10.5. The van der Waals surface area contributed by atoms with Crippen LogP contribution in [-0.4, -0.2) is 31.6 Å². The van der Waals surface area contributed by atoms with Crippen LogP contribution >= 0.6 is 0 Å². The predicted molar refractivity (Wildman–Crippen MR) is 55.1 cm³/mol. The Bertz CT molecular complexity index is 343. The zero-order valence-corrected chi connectivity index (χ0v) is 8.31. The maximum atomic E-state index is 10.4. The highest BCUT2D eigenvalue weighted by atomic mass is 16.5. The molecule has 0 unspecified atom stereocenters. The second kappa shape index (κ2) is 4.00. The third kappa shape index (κ3) is 2.34. The van der Waals surface area contributed by atoms with E-state index in [4.69, 9.17) is 15.2 Å². The van der Waals surface area contributed by atoms with E-state index in [2.05, 4.69) is 0 Å². The van der Waals surface area contributed by atoms with Gasteiger partial charge in [0.25, 0.3) is 0 Å². The molecule has 0 radical (unpaired) electrons. The second-order valence-electron chi connectivity index (χ2n) is 3.83. The van der Waals surface area contributed by atoms with Gasteiger partial charge in [-0.3, -0.25) is 4.79 Å².